The van der Waals surface area contributed by atoms with Gasteiger partial charge in [0.25, 0.3) is 0 Å². The van der Waals surface area contributed by atoms with Crippen molar-refractivity contribution in [3.8, 4) is 11.1 Å². The molecule has 9 nitrogen and oxygen atoms in total. The third kappa shape index (κ3) is 5.26. The largest absolute Gasteiger partial charge is 0.480 e. The van der Waals surface area contributed by atoms with E-state index in [9.17, 15) is 27.9 Å². The van der Waals surface area contributed by atoms with Gasteiger partial charge in [0.2, 0.25) is 10.0 Å². The Labute approximate surface area is 217 Å². The van der Waals surface area contributed by atoms with Crippen LogP contribution in [0.2, 0.25) is 0 Å². The van der Waals surface area contributed by atoms with Crippen LogP contribution in [0.4, 0.5) is 10.5 Å². The van der Waals surface area contributed by atoms with Gasteiger partial charge in [-0.3, -0.25) is 9.59 Å². The van der Waals surface area contributed by atoms with Gasteiger partial charge in [-0.25, -0.2) is 17.9 Å². The minimum atomic E-state index is -4.04. The number of anilines is 1. The first-order valence-electron chi connectivity index (χ1n) is 12.3. The number of aliphatic carboxylic acids is 1. The summed E-state index contributed by atoms with van der Waals surface area (Å²) in [6, 6.07) is 12.7. The number of carbonyl (C=O) groups excluding carboxylic acids is 2. The fourth-order valence-electron chi connectivity index (χ4n) is 5.91. The molecule has 0 aliphatic heterocycles. The Hall–Kier alpha value is -3.24. The summed E-state index contributed by atoms with van der Waals surface area (Å²) in [4.78, 5) is 36.3. The van der Waals surface area contributed by atoms with Crippen molar-refractivity contribution in [3.63, 3.8) is 0 Å². The number of rotatable bonds is 9. The van der Waals surface area contributed by atoms with Gasteiger partial charge in [0, 0.05) is 24.6 Å². The normalized spacial score (nSPS) is 23.0. The van der Waals surface area contributed by atoms with Crippen molar-refractivity contribution in [1.29, 1.82) is 0 Å². The van der Waals surface area contributed by atoms with Crippen molar-refractivity contribution in [2.24, 2.45) is 16.7 Å². The predicted molar refractivity (Wildman–Crippen MR) is 141 cm³/mol. The predicted octanol–water partition coefficient (Wildman–Crippen LogP) is 3.42. The van der Waals surface area contributed by atoms with Crippen LogP contribution < -0.4 is 15.4 Å². The third-order valence-corrected chi connectivity index (χ3v) is 9.79. The highest BCUT2D eigenvalue weighted by molar-refractivity contribution is 7.89. The molecule has 2 bridgehead atoms. The molecule has 4 rings (SSSR count). The lowest BCUT2D eigenvalue weighted by molar-refractivity contribution is -0.138. The van der Waals surface area contributed by atoms with Crippen LogP contribution in [0.15, 0.2) is 48.5 Å². The molecule has 1 unspecified atom stereocenters. The summed E-state index contributed by atoms with van der Waals surface area (Å²) in [5, 5.41) is 15.0. The fourth-order valence-corrected chi connectivity index (χ4v) is 7.94. The van der Waals surface area contributed by atoms with Crippen LogP contribution >= 0.6 is 0 Å². The number of fused-ring (bicyclic) bond motifs is 2. The lowest BCUT2D eigenvalue weighted by Crippen LogP contribution is -2.49. The topological polar surface area (TPSA) is 142 Å². The van der Waals surface area contributed by atoms with E-state index in [0.29, 0.717) is 24.1 Å². The van der Waals surface area contributed by atoms with Crippen molar-refractivity contribution < 1.29 is 27.9 Å². The van der Waals surface area contributed by atoms with Crippen LogP contribution in [-0.4, -0.2) is 50.2 Å². The molecule has 2 aliphatic rings. The molecule has 2 aliphatic carbocycles. The molecule has 2 aromatic carbocycles. The number of carbonyl (C=O) groups is 3. The van der Waals surface area contributed by atoms with Crippen LogP contribution in [0.5, 0.6) is 0 Å². The number of sulfonamides is 1. The van der Waals surface area contributed by atoms with E-state index in [4.69, 9.17) is 0 Å². The molecule has 198 valence electrons. The van der Waals surface area contributed by atoms with Crippen LogP contribution in [0.3, 0.4) is 0 Å². The Bertz CT molecular complexity index is 1320. The highest BCUT2D eigenvalue weighted by Gasteiger charge is 2.65. The van der Waals surface area contributed by atoms with Gasteiger partial charge in [-0.1, -0.05) is 50.2 Å². The van der Waals surface area contributed by atoms with E-state index in [-0.39, 0.29) is 29.9 Å². The first kappa shape index (κ1) is 26.8. The summed E-state index contributed by atoms with van der Waals surface area (Å²) in [7, 11) is -2.51. The van der Waals surface area contributed by atoms with Gasteiger partial charge < -0.3 is 15.7 Å². The Morgan fingerprint density at radius 3 is 2.38 bits per heavy atom. The van der Waals surface area contributed by atoms with Gasteiger partial charge in [0.1, 0.15) is 11.8 Å². The first-order valence-corrected chi connectivity index (χ1v) is 14.0. The monoisotopic (exact) mass is 527 g/mol. The minimum Gasteiger partial charge on any atom is -0.480 e. The summed E-state index contributed by atoms with van der Waals surface area (Å²) >= 11 is 0. The zero-order chi connectivity index (χ0) is 27.0. The number of carboxylic acids is 1. The molecular formula is C27H33N3O6S. The van der Waals surface area contributed by atoms with Crippen LogP contribution in [0.1, 0.15) is 38.7 Å². The molecule has 2 fully saturated rings. The van der Waals surface area contributed by atoms with Gasteiger partial charge >= 0.3 is 12.0 Å². The number of ketones is 1. The highest BCUT2D eigenvalue weighted by Crippen LogP contribution is 2.64. The second kappa shape index (κ2) is 9.90. The van der Waals surface area contributed by atoms with E-state index in [1.807, 2.05) is 44.2 Å². The zero-order valence-corrected chi connectivity index (χ0v) is 22.0. The Morgan fingerprint density at radius 2 is 1.81 bits per heavy atom. The Kier molecular flexibility index (Phi) is 7.18. The average Bonchev–Trinajstić information content (AvgIpc) is 3.18. The molecule has 37 heavy (non-hydrogen) atoms. The first-order chi connectivity index (χ1) is 17.4. The number of benzene rings is 2. The number of Topliss-reactive ketones (excluding diaryl/α,β-unsaturated/α-hetero) is 1. The quantitative estimate of drug-likeness (QED) is 0.394. The van der Waals surface area contributed by atoms with E-state index in [1.165, 1.54) is 7.05 Å². The summed E-state index contributed by atoms with van der Waals surface area (Å²) in [6.45, 7) is 3.90. The van der Waals surface area contributed by atoms with Crippen molar-refractivity contribution in [2.75, 3.05) is 18.1 Å². The molecule has 0 heterocycles. The summed E-state index contributed by atoms with van der Waals surface area (Å²) in [6.07, 6.45) is 1.68. The van der Waals surface area contributed by atoms with Crippen LogP contribution in [0, 0.1) is 16.7 Å². The standard InChI is InChI=1S/C27H33N3O6S/c1-26(2)20-11-12-27(26,23(31)15-20)16-37(35,36)30-22(24(32)33)13-17-7-9-18(10-8-17)19-5-4-6-21(14-19)29-25(34)28-3/h4-10,14,20,22,30H,11-13,15-16H2,1-3H3,(H,32,33)(H2,28,29,34)/t20?,22-,27+/m0/s1. The second-order valence-corrected chi connectivity index (χ2v) is 12.4. The maximum Gasteiger partial charge on any atom is 0.322 e. The lowest BCUT2D eigenvalue weighted by Gasteiger charge is -2.36. The molecule has 0 spiro atoms. The minimum absolute atomic E-state index is 0.0313. The number of hydrogen-bond acceptors (Lipinski definition) is 5. The summed E-state index contributed by atoms with van der Waals surface area (Å²) in [5.41, 5.74) is 1.59. The summed E-state index contributed by atoms with van der Waals surface area (Å²) < 4.78 is 28.6. The molecule has 0 aromatic heterocycles. The number of hydrogen-bond donors (Lipinski definition) is 4. The molecule has 4 N–H and O–H groups in total. The van der Waals surface area contributed by atoms with E-state index >= 15 is 0 Å². The van der Waals surface area contributed by atoms with Gasteiger partial charge in [-0.2, -0.15) is 0 Å². The fraction of sp³-hybridized carbons (Fsp3) is 0.444. The Balaban J connectivity index is 1.46. The second-order valence-electron chi connectivity index (χ2n) is 10.6. The molecule has 2 amide bonds. The lowest BCUT2D eigenvalue weighted by atomic mass is 9.70. The van der Waals surface area contributed by atoms with Gasteiger partial charge in [0.05, 0.1) is 5.75 Å². The molecule has 10 heteroatoms. The van der Waals surface area contributed by atoms with Crippen molar-refractivity contribution in [3.05, 3.63) is 54.1 Å². The van der Waals surface area contributed by atoms with Crippen molar-refractivity contribution in [2.45, 2.75) is 45.6 Å². The van der Waals surface area contributed by atoms with E-state index in [0.717, 1.165) is 17.5 Å². The van der Waals surface area contributed by atoms with E-state index in [1.54, 1.807) is 18.2 Å². The molecule has 0 radical (unpaired) electrons. The molecule has 2 saturated carbocycles. The SMILES string of the molecule is CNC(=O)Nc1cccc(-c2ccc(C[C@H](NS(=O)(=O)C[C@]34CCC(CC3=O)C4(C)C)C(=O)O)cc2)c1. The third-order valence-electron chi connectivity index (χ3n) is 8.27. The number of urea groups is 1. The molecular weight excluding hydrogens is 494 g/mol. The smallest absolute Gasteiger partial charge is 0.322 e. The molecule has 2 aromatic rings. The average molecular weight is 528 g/mol. The number of amides is 2. The summed E-state index contributed by atoms with van der Waals surface area (Å²) in [5.74, 6) is -1.52. The van der Waals surface area contributed by atoms with E-state index < -0.39 is 32.9 Å². The van der Waals surface area contributed by atoms with Gasteiger partial charge in [0.15, 0.2) is 0 Å². The van der Waals surface area contributed by atoms with Crippen LogP contribution in [0.25, 0.3) is 11.1 Å². The molecule has 3 atom stereocenters. The van der Waals surface area contributed by atoms with E-state index in [2.05, 4.69) is 15.4 Å². The highest BCUT2D eigenvalue weighted by atomic mass is 32.2. The zero-order valence-electron chi connectivity index (χ0n) is 21.2. The maximum absolute atomic E-state index is 13.1. The number of nitrogens with one attached hydrogen (secondary N) is 3. The van der Waals surface area contributed by atoms with Crippen molar-refractivity contribution >= 4 is 33.5 Å². The Morgan fingerprint density at radius 1 is 1.11 bits per heavy atom. The van der Waals surface area contributed by atoms with Gasteiger partial charge in [-0.15, -0.1) is 0 Å². The maximum atomic E-state index is 13.1. The van der Waals surface area contributed by atoms with Gasteiger partial charge in [-0.05, 0) is 59.4 Å². The van der Waals surface area contributed by atoms with Crippen LogP contribution in [-0.2, 0) is 26.0 Å². The van der Waals surface area contributed by atoms with Crippen molar-refractivity contribution in [1.82, 2.24) is 10.0 Å². The molecule has 0 saturated heterocycles. The number of carboxylic acid groups (broad SMARTS) is 1.